The van der Waals surface area contributed by atoms with Crippen LogP contribution in [0.1, 0.15) is 230 Å². The van der Waals surface area contributed by atoms with Crippen LogP contribution in [0.25, 0.3) is 0 Å². The standard InChI is InChI=1S/C58H90N2O2S2/c1-5-7-9-11-13-15-17-19-21-23-25-27-29-31-33-35-41-59-51-43-47(3)37-39-53(51)63-55(59)45-49-57(61)50(58(49)62)46-56-60(52-44-48(4)38-40-54(52)64-56)42-36-34-32-30-28-26-24-22-20-18-16-14-12-10-8-6-2/h37-40,43-46,49-50H,5-36,41-42H2,1-4H3/b55-45-,56-46-. The summed E-state index contributed by atoms with van der Waals surface area (Å²) in [5.41, 5.74) is 4.95. The number of unbranched alkanes of at least 4 members (excludes halogenated alkanes) is 30. The molecule has 0 N–H and O–H groups in total. The van der Waals surface area contributed by atoms with Crippen LogP contribution in [0.5, 0.6) is 0 Å². The molecule has 0 aromatic heterocycles. The molecule has 0 amide bonds. The number of nitrogens with zero attached hydrogens (tertiary/aromatic N) is 2. The molecular weight excluding hydrogens is 821 g/mol. The number of hydrogen-bond donors (Lipinski definition) is 0. The lowest BCUT2D eigenvalue weighted by Gasteiger charge is -2.31. The molecule has 0 unspecified atom stereocenters. The number of allylic oxidation sites excluding steroid dienone is 2. The highest BCUT2D eigenvalue weighted by Crippen LogP contribution is 2.50. The molecule has 64 heavy (non-hydrogen) atoms. The van der Waals surface area contributed by atoms with Crippen molar-refractivity contribution in [2.24, 2.45) is 11.8 Å². The highest BCUT2D eigenvalue weighted by Gasteiger charge is 2.48. The zero-order chi connectivity index (χ0) is 45.2. The molecule has 0 radical (unpaired) electrons. The molecule has 0 atom stereocenters. The van der Waals surface area contributed by atoms with Gasteiger partial charge in [-0.25, -0.2) is 0 Å². The summed E-state index contributed by atoms with van der Waals surface area (Å²) in [4.78, 5) is 35.0. The van der Waals surface area contributed by atoms with E-state index in [1.807, 2.05) is 12.2 Å². The van der Waals surface area contributed by atoms with Crippen molar-refractivity contribution in [2.45, 2.75) is 243 Å². The van der Waals surface area contributed by atoms with Gasteiger partial charge in [0.05, 0.1) is 33.3 Å². The van der Waals surface area contributed by atoms with Crippen LogP contribution in [0.2, 0.25) is 0 Å². The molecule has 3 aliphatic rings. The van der Waals surface area contributed by atoms with Gasteiger partial charge in [-0.15, -0.1) is 0 Å². The van der Waals surface area contributed by atoms with Gasteiger partial charge >= 0.3 is 0 Å². The molecule has 0 spiro atoms. The van der Waals surface area contributed by atoms with Crippen molar-refractivity contribution in [3.05, 3.63) is 69.7 Å². The number of carbonyl (C=O) groups excluding carboxylic acids is 2. The second kappa shape index (κ2) is 30.8. The summed E-state index contributed by atoms with van der Waals surface area (Å²) in [5, 5.41) is 2.12. The van der Waals surface area contributed by atoms with E-state index < -0.39 is 11.8 Å². The van der Waals surface area contributed by atoms with Gasteiger partial charge in [-0.1, -0.05) is 242 Å². The lowest BCUT2D eigenvalue weighted by atomic mass is 9.72. The van der Waals surface area contributed by atoms with E-state index in [-0.39, 0.29) is 11.6 Å². The molecule has 1 saturated carbocycles. The van der Waals surface area contributed by atoms with E-state index in [0.29, 0.717) is 0 Å². The van der Waals surface area contributed by atoms with Crippen LogP contribution in [0, 0.1) is 25.7 Å². The van der Waals surface area contributed by atoms with E-state index in [4.69, 9.17) is 0 Å². The van der Waals surface area contributed by atoms with Crippen molar-refractivity contribution in [1.82, 2.24) is 0 Å². The normalized spacial score (nSPS) is 18.2. The van der Waals surface area contributed by atoms with Crippen LogP contribution < -0.4 is 9.80 Å². The van der Waals surface area contributed by atoms with Crippen LogP contribution >= 0.6 is 23.5 Å². The second-order valence-corrected chi connectivity index (χ2v) is 22.0. The SMILES string of the molecule is CCCCCCCCCCCCCCCCCCN1/C(=C/C2C(=O)C(/C=C3\Sc4ccc(C)cc4N3CCCCCCCCCCCCCCCCCC)C2=O)Sc2ccc(C)cc21. The quantitative estimate of drug-likeness (QED) is 0.0501. The predicted molar refractivity (Wildman–Crippen MR) is 281 cm³/mol. The Bertz CT molecular complexity index is 1590. The average Bonchev–Trinajstić information content (AvgIpc) is 3.82. The molecule has 2 aromatic rings. The minimum atomic E-state index is -0.655. The number of thioether (sulfide) groups is 2. The summed E-state index contributed by atoms with van der Waals surface area (Å²) in [6, 6.07) is 13.3. The van der Waals surface area contributed by atoms with Gasteiger partial charge in [0.25, 0.3) is 0 Å². The summed E-state index contributed by atoms with van der Waals surface area (Å²) in [7, 11) is 0. The number of rotatable bonds is 36. The van der Waals surface area contributed by atoms with E-state index in [0.717, 1.165) is 36.0 Å². The maximum absolute atomic E-state index is 13.9. The van der Waals surface area contributed by atoms with Gasteiger partial charge in [-0.05, 0) is 74.2 Å². The number of benzene rings is 2. The minimum Gasteiger partial charge on any atom is -0.335 e. The number of fused-ring (bicyclic) bond motifs is 2. The van der Waals surface area contributed by atoms with Crippen molar-refractivity contribution in [1.29, 1.82) is 0 Å². The van der Waals surface area contributed by atoms with E-state index in [1.165, 1.54) is 225 Å². The number of ketones is 2. The Labute approximate surface area is 401 Å². The monoisotopic (exact) mass is 911 g/mol. The maximum atomic E-state index is 13.9. The average molecular weight is 912 g/mol. The molecule has 4 nitrogen and oxygen atoms in total. The van der Waals surface area contributed by atoms with Gasteiger partial charge < -0.3 is 9.80 Å². The third-order valence-electron chi connectivity index (χ3n) is 14.1. The van der Waals surface area contributed by atoms with Crippen LogP contribution in [-0.2, 0) is 9.59 Å². The number of Topliss-reactive ketones (excluding diaryl/α,β-unsaturated/α-hetero) is 2. The van der Waals surface area contributed by atoms with Gasteiger partial charge in [0.15, 0.2) is 11.6 Å². The third-order valence-corrected chi connectivity index (χ3v) is 16.3. The molecule has 5 rings (SSSR count). The predicted octanol–water partition coefficient (Wildman–Crippen LogP) is 18.4. The van der Waals surface area contributed by atoms with Gasteiger partial charge in [0, 0.05) is 22.9 Å². The third kappa shape index (κ3) is 17.7. The maximum Gasteiger partial charge on any atom is 0.161 e. The molecule has 2 aliphatic heterocycles. The summed E-state index contributed by atoms with van der Waals surface area (Å²) in [6.07, 6.45) is 47.6. The first-order valence-corrected chi connectivity index (χ1v) is 28.7. The fraction of sp³-hybridized carbons (Fsp3) is 0.690. The molecule has 2 aromatic carbocycles. The summed E-state index contributed by atoms with van der Waals surface area (Å²) in [6.45, 7) is 10.8. The number of hydrogen-bond acceptors (Lipinski definition) is 6. The number of aryl methyl sites for hydroxylation is 2. The Hall–Kier alpha value is -2.44. The molecule has 6 heteroatoms. The lowest BCUT2D eigenvalue weighted by Crippen LogP contribution is -2.47. The summed E-state index contributed by atoms with van der Waals surface area (Å²) >= 11 is 3.46. The van der Waals surface area contributed by atoms with Gasteiger partial charge in [0.1, 0.15) is 0 Å². The minimum absolute atomic E-state index is 0.0511. The van der Waals surface area contributed by atoms with Gasteiger partial charge in [0.2, 0.25) is 0 Å². The van der Waals surface area contributed by atoms with Crippen LogP contribution in [-0.4, -0.2) is 24.7 Å². The topological polar surface area (TPSA) is 40.6 Å². The van der Waals surface area contributed by atoms with Crippen LogP contribution in [0.15, 0.2) is 68.4 Å². The molecular formula is C58H90N2O2S2. The Balaban J connectivity index is 1.03. The lowest BCUT2D eigenvalue weighted by molar-refractivity contribution is -0.146. The van der Waals surface area contributed by atoms with E-state index in [1.54, 1.807) is 23.5 Å². The molecule has 1 fully saturated rings. The first kappa shape index (κ1) is 52.5. The molecule has 0 saturated heterocycles. The molecule has 0 bridgehead atoms. The Morgan fingerprint density at radius 3 is 0.953 bits per heavy atom. The molecule has 2 heterocycles. The van der Waals surface area contributed by atoms with Crippen molar-refractivity contribution < 1.29 is 9.59 Å². The molecule has 356 valence electrons. The van der Waals surface area contributed by atoms with Crippen LogP contribution in [0.3, 0.4) is 0 Å². The zero-order valence-corrected chi connectivity index (χ0v) is 43.0. The Morgan fingerprint density at radius 2 is 0.672 bits per heavy atom. The van der Waals surface area contributed by atoms with Crippen molar-refractivity contribution in [2.75, 3.05) is 22.9 Å². The van der Waals surface area contributed by atoms with E-state index in [9.17, 15) is 9.59 Å². The fourth-order valence-electron chi connectivity index (χ4n) is 9.95. The second-order valence-electron chi connectivity index (χ2n) is 19.8. The molecule has 1 aliphatic carbocycles. The Kier molecular flexibility index (Phi) is 25.3. The summed E-state index contributed by atoms with van der Waals surface area (Å²) in [5.74, 6) is -1.21. The number of carbonyl (C=O) groups is 2. The fourth-order valence-corrected chi connectivity index (χ4v) is 12.2. The highest BCUT2D eigenvalue weighted by molar-refractivity contribution is 8.04. The summed E-state index contributed by atoms with van der Waals surface area (Å²) < 4.78 is 0. The van der Waals surface area contributed by atoms with Gasteiger partial charge in [-0.2, -0.15) is 0 Å². The Morgan fingerprint density at radius 1 is 0.406 bits per heavy atom. The van der Waals surface area contributed by atoms with E-state index >= 15 is 0 Å². The largest absolute Gasteiger partial charge is 0.335 e. The van der Waals surface area contributed by atoms with Crippen molar-refractivity contribution in [3.63, 3.8) is 0 Å². The smallest absolute Gasteiger partial charge is 0.161 e. The van der Waals surface area contributed by atoms with Crippen molar-refractivity contribution >= 4 is 46.5 Å². The first-order valence-electron chi connectivity index (χ1n) is 27.0. The van der Waals surface area contributed by atoms with Gasteiger partial charge in [-0.3, -0.25) is 9.59 Å². The first-order chi connectivity index (χ1) is 31.4. The highest BCUT2D eigenvalue weighted by atomic mass is 32.2. The van der Waals surface area contributed by atoms with Crippen LogP contribution in [0.4, 0.5) is 11.4 Å². The van der Waals surface area contributed by atoms with E-state index in [2.05, 4.69) is 73.9 Å². The van der Waals surface area contributed by atoms with Crippen molar-refractivity contribution in [3.8, 4) is 0 Å². The number of anilines is 2. The zero-order valence-electron chi connectivity index (χ0n) is 41.3.